The summed E-state index contributed by atoms with van der Waals surface area (Å²) in [6.45, 7) is 6.24. The molecule has 0 spiro atoms. The summed E-state index contributed by atoms with van der Waals surface area (Å²) in [5.74, 6) is 0.00786. The minimum atomic E-state index is -0.600. The third kappa shape index (κ3) is 8.21. The van der Waals surface area contributed by atoms with Gasteiger partial charge in [0.25, 0.3) is 0 Å². The van der Waals surface area contributed by atoms with E-state index in [9.17, 15) is 14.0 Å². The number of rotatable bonds is 11. The number of benzene rings is 2. The number of amides is 2. The number of ether oxygens (including phenoxy) is 1. The maximum Gasteiger partial charge on any atom is 0.243 e. The van der Waals surface area contributed by atoms with Crippen LogP contribution in [0.25, 0.3) is 0 Å². The summed E-state index contributed by atoms with van der Waals surface area (Å²) in [6.07, 6.45) is 1.22. The Morgan fingerprint density at radius 1 is 1.10 bits per heavy atom. The van der Waals surface area contributed by atoms with Gasteiger partial charge < -0.3 is 15.0 Å². The first-order chi connectivity index (χ1) is 14.8. The molecular weight excluding hydrogens is 419 g/mol. The van der Waals surface area contributed by atoms with Crippen molar-refractivity contribution in [3.63, 3.8) is 0 Å². The second kappa shape index (κ2) is 12.3. The monoisotopic (exact) mass is 448 g/mol. The number of halogens is 2. The molecule has 0 saturated carbocycles. The SMILES string of the molecule is CC[C@@H](C(=O)NC(C)C)N(Cc1ccc(F)cc1)C(=O)CCCOc1ccc(Cl)cc1. The first-order valence-electron chi connectivity index (χ1n) is 10.5. The summed E-state index contributed by atoms with van der Waals surface area (Å²) < 4.78 is 18.9. The maximum absolute atomic E-state index is 13.3. The van der Waals surface area contributed by atoms with E-state index in [2.05, 4.69) is 5.32 Å². The molecule has 0 fully saturated rings. The molecule has 2 rings (SSSR count). The van der Waals surface area contributed by atoms with Gasteiger partial charge in [-0.15, -0.1) is 0 Å². The Morgan fingerprint density at radius 2 is 1.74 bits per heavy atom. The van der Waals surface area contributed by atoms with Crippen LogP contribution < -0.4 is 10.1 Å². The molecule has 1 N–H and O–H groups in total. The van der Waals surface area contributed by atoms with Gasteiger partial charge in [0.1, 0.15) is 17.6 Å². The average Bonchev–Trinajstić information content (AvgIpc) is 2.73. The van der Waals surface area contributed by atoms with Gasteiger partial charge in [-0.3, -0.25) is 9.59 Å². The van der Waals surface area contributed by atoms with Crippen LogP contribution in [0.15, 0.2) is 48.5 Å². The average molecular weight is 449 g/mol. The van der Waals surface area contributed by atoms with Crippen molar-refractivity contribution in [2.24, 2.45) is 0 Å². The minimum Gasteiger partial charge on any atom is -0.494 e. The van der Waals surface area contributed by atoms with Gasteiger partial charge in [-0.1, -0.05) is 30.7 Å². The molecule has 7 heteroatoms. The lowest BCUT2D eigenvalue weighted by Gasteiger charge is -2.31. The lowest BCUT2D eigenvalue weighted by atomic mass is 10.1. The normalized spacial score (nSPS) is 11.8. The molecule has 0 saturated heterocycles. The molecule has 0 aliphatic heterocycles. The number of nitrogens with zero attached hydrogens (tertiary/aromatic N) is 1. The second-order valence-corrected chi connectivity index (χ2v) is 8.08. The van der Waals surface area contributed by atoms with Gasteiger partial charge in [0, 0.05) is 24.0 Å². The van der Waals surface area contributed by atoms with E-state index < -0.39 is 6.04 Å². The number of hydrogen-bond donors (Lipinski definition) is 1. The molecule has 168 valence electrons. The summed E-state index contributed by atoms with van der Waals surface area (Å²) in [5, 5.41) is 3.52. The van der Waals surface area contributed by atoms with Gasteiger partial charge >= 0.3 is 0 Å². The van der Waals surface area contributed by atoms with E-state index in [4.69, 9.17) is 16.3 Å². The standard InChI is InChI=1S/C24H30ClFN2O3/c1-4-22(24(30)27-17(2)3)28(16-18-7-11-20(26)12-8-18)23(29)6-5-15-31-21-13-9-19(25)10-14-21/h7-14,17,22H,4-6,15-16H2,1-3H3,(H,27,30)/t22-/m0/s1. The van der Waals surface area contributed by atoms with Gasteiger partial charge in [0.15, 0.2) is 0 Å². The van der Waals surface area contributed by atoms with Gasteiger partial charge in [-0.25, -0.2) is 4.39 Å². The quantitative estimate of drug-likeness (QED) is 0.494. The topological polar surface area (TPSA) is 58.6 Å². The van der Waals surface area contributed by atoms with Gasteiger partial charge in [0.2, 0.25) is 11.8 Å². The highest BCUT2D eigenvalue weighted by atomic mass is 35.5. The predicted octanol–water partition coefficient (Wildman–Crippen LogP) is 4.97. The zero-order valence-electron chi connectivity index (χ0n) is 18.2. The molecule has 0 bridgehead atoms. The van der Waals surface area contributed by atoms with Crippen molar-refractivity contribution in [1.29, 1.82) is 0 Å². The molecular formula is C24H30ClFN2O3. The molecule has 2 aromatic rings. The summed E-state index contributed by atoms with van der Waals surface area (Å²) in [4.78, 5) is 27.4. The molecule has 0 unspecified atom stereocenters. The smallest absolute Gasteiger partial charge is 0.243 e. The lowest BCUT2D eigenvalue weighted by molar-refractivity contribution is -0.141. The Hall–Kier alpha value is -2.60. The second-order valence-electron chi connectivity index (χ2n) is 7.64. The Kier molecular flexibility index (Phi) is 9.79. The van der Waals surface area contributed by atoms with Crippen molar-refractivity contribution in [3.05, 3.63) is 64.9 Å². The molecule has 0 aromatic heterocycles. The van der Waals surface area contributed by atoms with E-state index in [-0.39, 0.29) is 36.6 Å². The summed E-state index contributed by atoms with van der Waals surface area (Å²) >= 11 is 5.87. The Morgan fingerprint density at radius 3 is 2.32 bits per heavy atom. The highest BCUT2D eigenvalue weighted by Crippen LogP contribution is 2.17. The van der Waals surface area contributed by atoms with E-state index in [1.165, 1.54) is 12.1 Å². The van der Waals surface area contributed by atoms with E-state index >= 15 is 0 Å². The Labute approximate surface area is 188 Å². The molecule has 2 aromatic carbocycles. The van der Waals surface area contributed by atoms with Crippen LogP contribution in [0, 0.1) is 5.82 Å². The number of hydrogen-bond acceptors (Lipinski definition) is 3. The van der Waals surface area contributed by atoms with Crippen LogP contribution in [-0.2, 0) is 16.1 Å². The first kappa shape index (κ1) is 24.7. The summed E-state index contributed by atoms with van der Waals surface area (Å²) in [7, 11) is 0. The van der Waals surface area contributed by atoms with Crippen LogP contribution in [-0.4, -0.2) is 35.4 Å². The van der Waals surface area contributed by atoms with Gasteiger partial charge in [-0.05, 0) is 68.7 Å². The van der Waals surface area contributed by atoms with E-state index in [1.807, 2.05) is 20.8 Å². The van der Waals surface area contributed by atoms with Crippen molar-refractivity contribution < 1.29 is 18.7 Å². The zero-order chi connectivity index (χ0) is 22.8. The van der Waals surface area contributed by atoms with Crippen LogP contribution >= 0.6 is 11.6 Å². The summed E-state index contributed by atoms with van der Waals surface area (Å²) in [6, 6.07) is 12.4. The predicted molar refractivity (Wildman–Crippen MR) is 120 cm³/mol. The number of carbonyl (C=O) groups is 2. The highest BCUT2D eigenvalue weighted by molar-refractivity contribution is 6.30. The van der Waals surface area contributed by atoms with Crippen LogP contribution in [0.2, 0.25) is 5.02 Å². The number of carbonyl (C=O) groups excluding carboxylic acids is 2. The van der Waals surface area contributed by atoms with Crippen molar-refractivity contribution >= 4 is 23.4 Å². The fourth-order valence-corrected chi connectivity index (χ4v) is 3.30. The Bertz CT molecular complexity index is 841. The third-order valence-electron chi connectivity index (χ3n) is 4.70. The molecule has 31 heavy (non-hydrogen) atoms. The fraction of sp³-hybridized carbons (Fsp3) is 0.417. The third-order valence-corrected chi connectivity index (χ3v) is 4.95. The molecule has 1 atom stereocenters. The Balaban J connectivity index is 2.04. The zero-order valence-corrected chi connectivity index (χ0v) is 19.0. The van der Waals surface area contributed by atoms with Gasteiger partial charge in [-0.2, -0.15) is 0 Å². The molecule has 2 amide bonds. The summed E-state index contributed by atoms with van der Waals surface area (Å²) in [5.41, 5.74) is 0.767. The van der Waals surface area contributed by atoms with E-state index in [0.717, 1.165) is 5.56 Å². The highest BCUT2D eigenvalue weighted by Gasteiger charge is 2.28. The molecule has 0 heterocycles. The van der Waals surface area contributed by atoms with Crippen molar-refractivity contribution in [2.75, 3.05) is 6.61 Å². The maximum atomic E-state index is 13.3. The van der Waals surface area contributed by atoms with E-state index in [1.54, 1.807) is 41.3 Å². The molecule has 0 aliphatic carbocycles. The first-order valence-corrected chi connectivity index (χ1v) is 10.9. The van der Waals surface area contributed by atoms with Crippen LogP contribution in [0.1, 0.15) is 45.6 Å². The van der Waals surface area contributed by atoms with Crippen molar-refractivity contribution in [1.82, 2.24) is 10.2 Å². The molecule has 5 nitrogen and oxygen atoms in total. The molecule has 0 radical (unpaired) electrons. The van der Waals surface area contributed by atoms with Crippen LogP contribution in [0.4, 0.5) is 4.39 Å². The van der Waals surface area contributed by atoms with E-state index in [0.29, 0.717) is 30.2 Å². The minimum absolute atomic E-state index is 0.0305. The van der Waals surface area contributed by atoms with Crippen molar-refractivity contribution in [3.8, 4) is 5.75 Å². The fourth-order valence-electron chi connectivity index (χ4n) is 3.17. The number of nitrogens with one attached hydrogen (secondary N) is 1. The van der Waals surface area contributed by atoms with Gasteiger partial charge in [0.05, 0.1) is 6.61 Å². The molecule has 0 aliphatic rings. The lowest BCUT2D eigenvalue weighted by Crippen LogP contribution is -2.50. The van der Waals surface area contributed by atoms with Crippen LogP contribution in [0.5, 0.6) is 5.75 Å². The van der Waals surface area contributed by atoms with Crippen LogP contribution in [0.3, 0.4) is 0 Å². The largest absolute Gasteiger partial charge is 0.494 e. The van der Waals surface area contributed by atoms with Crippen molar-refractivity contribution in [2.45, 2.75) is 58.7 Å².